The van der Waals surface area contributed by atoms with Crippen LogP contribution in [0.3, 0.4) is 0 Å². The van der Waals surface area contributed by atoms with Gasteiger partial charge in [-0.2, -0.15) is 0 Å². The molecule has 1 aliphatic heterocycles. The van der Waals surface area contributed by atoms with E-state index in [9.17, 15) is 9.59 Å². The summed E-state index contributed by atoms with van der Waals surface area (Å²) in [6.45, 7) is 7.46. The maximum absolute atomic E-state index is 12.8. The second-order valence-corrected chi connectivity index (χ2v) is 7.41. The predicted molar refractivity (Wildman–Crippen MR) is 94.9 cm³/mol. The zero-order valence-electron chi connectivity index (χ0n) is 14.8. The summed E-state index contributed by atoms with van der Waals surface area (Å²) >= 11 is 0. The second-order valence-electron chi connectivity index (χ2n) is 7.41. The predicted octanol–water partition coefficient (Wildman–Crippen LogP) is 2.30. The fourth-order valence-corrected chi connectivity index (χ4v) is 3.18. The zero-order valence-corrected chi connectivity index (χ0v) is 14.8. The number of nitrogens with zero attached hydrogens (tertiary/aromatic N) is 2. The van der Waals surface area contributed by atoms with E-state index in [0.717, 1.165) is 18.8 Å². The molecule has 0 atom stereocenters. The molecule has 24 heavy (non-hydrogen) atoms. The molecule has 1 aliphatic carbocycles. The molecular weight excluding hydrogens is 302 g/mol. The van der Waals surface area contributed by atoms with Crippen LogP contribution in [0.5, 0.6) is 0 Å². The quantitative estimate of drug-likeness (QED) is 0.863. The molecule has 0 radical (unpaired) electrons. The van der Waals surface area contributed by atoms with Crippen molar-refractivity contribution in [1.29, 1.82) is 0 Å². The minimum Gasteiger partial charge on any atom is -0.339 e. The minimum atomic E-state index is -0.827. The number of anilines is 1. The van der Waals surface area contributed by atoms with Crippen LogP contribution in [-0.2, 0) is 9.59 Å². The van der Waals surface area contributed by atoms with Gasteiger partial charge in [0.15, 0.2) is 0 Å². The summed E-state index contributed by atoms with van der Waals surface area (Å²) in [5.74, 6) is 0.318. The number of hydrogen-bond acceptors (Lipinski definition) is 3. The number of likely N-dealkylation sites (N-methyl/N-ethyl adjacent to an activating group) is 1. The van der Waals surface area contributed by atoms with Gasteiger partial charge in [0.2, 0.25) is 11.8 Å². The highest BCUT2D eigenvalue weighted by Crippen LogP contribution is 2.48. The lowest BCUT2D eigenvalue weighted by Gasteiger charge is -2.34. The Balaban J connectivity index is 1.64. The number of piperazine rings is 1. The van der Waals surface area contributed by atoms with Crippen molar-refractivity contribution in [3.8, 4) is 0 Å². The van der Waals surface area contributed by atoms with Crippen molar-refractivity contribution in [3.05, 3.63) is 29.8 Å². The number of carbonyl (C=O) groups excluding carboxylic acids is 2. The first-order chi connectivity index (χ1) is 11.4. The molecule has 5 nitrogen and oxygen atoms in total. The van der Waals surface area contributed by atoms with E-state index in [1.807, 2.05) is 29.2 Å². The van der Waals surface area contributed by atoms with Gasteiger partial charge >= 0.3 is 0 Å². The van der Waals surface area contributed by atoms with Gasteiger partial charge in [-0.1, -0.05) is 26.0 Å². The van der Waals surface area contributed by atoms with Crippen LogP contribution < -0.4 is 5.32 Å². The topological polar surface area (TPSA) is 52.7 Å². The maximum Gasteiger partial charge on any atom is 0.240 e. The van der Waals surface area contributed by atoms with Crippen LogP contribution >= 0.6 is 0 Å². The first-order valence-corrected chi connectivity index (χ1v) is 8.82. The molecule has 0 aromatic heterocycles. The molecule has 130 valence electrons. The third-order valence-electron chi connectivity index (χ3n) is 5.22. The summed E-state index contributed by atoms with van der Waals surface area (Å²) in [5, 5.41) is 2.94. The monoisotopic (exact) mass is 329 g/mol. The fourth-order valence-electron chi connectivity index (χ4n) is 3.18. The van der Waals surface area contributed by atoms with Crippen molar-refractivity contribution in [1.82, 2.24) is 9.80 Å². The molecule has 1 heterocycles. The lowest BCUT2D eigenvalue weighted by molar-refractivity contribution is -0.143. The molecule has 2 amide bonds. The standard InChI is InChI=1S/C19H27N3O2/c1-14(2)15-4-6-16(7-5-15)20-17(23)19(8-9-19)18(24)22-12-10-21(3)11-13-22/h4-7,14H,8-13H2,1-3H3,(H,20,23). The van der Waals surface area contributed by atoms with Crippen molar-refractivity contribution in [2.45, 2.75) is 32.6 Å². The van der Waals surface area contributed by atoms with Gasteiger partial charge in [0, 0.05) is 31.9 Å². The average molecular weight is 329 g/mol. The Bertz CT molecular complexity index is 612. The Morgan fingerprint density at radius 3 is 2.12 bits per heavy atom. The van der Waals surface area contributed by atoms with Gasteiger partial charge in [-0.15, -0.1) is 0 Å². The number of benzene rings is 1. The highest BCUT2D eigenvalue weighted by atomic mass is 16.2. The summed E-state index contributed by atoms with van der Waals surface area (Å²) < 4.78 is 0. The number of carbonyl (C=O) groups is 2. The first-order valence-electron chi connectivity index (χ1n) is 8.82. The van der Waals surface area contributed by atoms with E-state index < -0.39 is 5.41 Å². The van der Waals surface area contributed by atoms with Gasteiger partial charge in [-0.25, -0.2) is 0 Å². The zero-order chi connectivity index (χ0) is 17.3. The normalized spacial score (nSPS) is 20.1. The van der Waals surface area contributed by atoms with Crippen LogP contribution in [-0.4, -0.2) is 54.8 Å². The summed E-state index contributed by atoms with van der Waals surface area (Å²) in [6, 6.07) is 7.90. The number of nitrogens with one attached hydrogen (secondary N) is 1. The van der Waals surface area contributed by atoms with Crippen molar-refractivity contribution in [3.63, 3.8) is 0 Å². The molecule has 2 fully saturated rings. The molecule has 0 unspecified atom stereocenters. The molecule has 1 N–H and O–H groups in total. The Labute approximate surface area is 144 Å². The molecule has 0 bridgehead atoms. The van der Waals surface area contributed by atoms with E-state index in [1.54, 1.807) is 0 Å². The van der Waals surface area contributed by atoms with E-state index in [-0.39, 0.29) is 11.8 Å². The van der Waals surface area contributed by atoms with Gasteiger partial charge in [0.1, 0.15) is 5.41 Å². The van der Waals surface area contributed by atoms with Crippen molar-refractivity contribution in [2.24, 2.45) is 5.41 Å². The Morgan fingerprint density at radius 1 is 1.04 bits per heavy atom. The fraction of sp³-hybridized carbons (Fsp3) is 0.579. The number of hydrogen-bond donors (Lipinski definition) is 1. The van der Waals surface area contributed by atoms with Gasteiger partial charge in [0.05, 0.1) is 0 Å². The van der Waals surface area contributed by atoms with E-state index in [2.05, 4.69) is 31.1 Å². The molecule has 2 aliphatic rings. The van der Waals surface area contributed by atoms with Crippen LogP contribution in [0.15, 0.2) is 24.3 Å². The van der Waals surface area contributed by atoms with Crippen LogP contribution in [0.1, 0.15) is 38.2 Å². The van der Waals surface area contributed by atoms with Crippen LogP contribution in [0.2, 0.25) is 0 Å². The lowest BCUT2D eigenvalue weighted by Crippen LogP contribution is -2.51. The molecule has 5 heteroatoms. The Morgan fingerprint density at radius 2 is 1.62 bits per heavy atom. The third-order valence-corrected chi connectivity index (χ3v) is 5.22. The molecule has 1 aromatic rings. The van der Waals surface area contributed by atoms with E-state index in [0.29, 0.717) is 31.8 Å². The molecule has 0 spiro atoms. The van der Waals surface area contributed by atoms with Gasteiger partial charge in [-0.05, 0) is 43.5 Å². The summed E-state index contributed by atoms with van der Waals surface area (Å²) in [6.07, 6.45) is 1.32. The van der Waals surface area contributed by atoms with Crippen LogP contribution in [0.4, 0.5) is 5.69 Å². The first kappa shape index (κ1) is 17.0. The second kappa shape index (κ2) is 6.55. The number of amides is 2. The van der Waals surface area contributed by atoms with Crippen molar-refractivity contribution < 1.29 is 9.59 Å². The molecule has 3 rings (SSSR count). The molecule has 1 aromatic carbocycles. The third kappa shape index (κ3) is 3.31. The van der Waals surface area contributed by atoms with E-state index in [1.165, 1.54) is 5.56 Å². The highest BCUT2D eigenvalue weighted by molar-refractivity contribution is 6.13. The summed E-state index contributed by atoms with van der Waals surface area (Å²) in [7, 11) is 2.06. The smallest absolute Gasteiger partial charge is 0.240 e. The van der Waals surface area contributed by atoms with Crippen LogP contribution in [0, 0.1) is 5.41 Å². The Kier molecular flexibility index (Phi) is 4.63. The van der Waals surface area contributed by atoms with Gasteiger partial charge < -0.3 is 15.1 Å². The highest BCUT2D eigenvalue weighted by Gasteiger charge is 2.58. The SMILES string of the molecule is CC(C)c1ccc(NC(=O)C2(C(=O)N3CCN(C)CC3)CC2)cc1. The lowest BCUT2D eigenvalue weighted by atomic mass is 10.0. The maximum atomic E-state index is 12.8. The molecule has 1 saturated carbocycles. The van der Waals surface area contributed by atoms with E-state index in [4.69, 9.17) is 0 Å². The van der Waals surface area contributed by atoms with Crippen molar-refractivity contribution in [2.75, 3.05) is 38.5 Å². The minimum absolute atomic E-state index is 0.00639. The van der Waals surface area contributed by atoms with Crippen LogP contribution in [0.25, 0.3) is 0 Å². The van der Waals surface area contributed by atoms with Gasteiger partial charge in [-0.3, -0.25) is 9.59 Å². The number of rotatable bonds is 4. The van der Waals surface area contributed by atoms with Gasteiger partial charge in [0.25, 0.3) is 0 Å². The molecule has 1 saturated heterocycles. The molecular formula is C19H27N3O2. The van der Waals surface area contributed by atoms with Crippen molar-refractivity contribution >= 4 is 17.5 Å². The summed E-state index contributed by atoms with van der Waals surface area (Å²) in [5.41, 5.74) is 1.18. The summed E-state index contributed by atoms with van der Waals surface area (Å²) in [4.78, 5) is 29.6. The average Bonchev–Trinajstić information content (AvgIpc) is 3.37. The largest absolute Gasteiger partial charge is 0.339 e. The Hall–Kier alpha value is -1.88. The van der Waals surface area contributed by atoms with E-state index >= 15 is 0 Å².